The highest BCUT2D eigenvalue weighted by atomic mass is 16.5. The van der Waals surface area contributed by atoms with Gasteiger partial charge in [0.25, 0.3) is 0 Å². The van der Waals surface area contributed by atoms with Gasteiger partial charge in [-0.2, -0.15) is 5.10 Å². The van der Waals surface area contributed by atoms with E-state index in [1.165, 1.54) is 0 Å². The molecule has 0 spiro atoms. The first-order chi connectivity index (χ1) is 9.43. The van der Waals surface area contributed by atoms with Crippen LogP contribution in [0.25, 0.3) is 11.1 Å². The summed E-state index contributed by atoms with van der Waals surface area (Å²) in [5.74, 6) is 0.713. The van der Waals surface area contributed by atoms with Crippen molar-refractivity contribution in [2.45, 2.75) is 33.8 Å². The highest BCUT2D eigenvalue weighted by Crippen LogP contribution is 2.31. The van der Waals surface area contributed by atoms with Gasteiger partial charge in [0, 0.05) is 23.9 Å². The summed E-state index contributed by atoms with van der Waals surface area (Å²) in [6.07, 6.45) is 0.955. The quantitative estimate of drug-likeness (QED) is 0.802. The van der Waals surface area contributed by atoms with E-state index < -0.39 is 0 Å². The minimum Gasteiger partial charge on any atom is -0.491 e. The molecule has 106 valence electrons. The lowest BCUT2D eigenvalue weighted by Crippen LogP contribution is -2.06. The predicted molar refractivity (Wildman–Crippen MR) is 79.3 cm³/mol. The fourth-order valence-electron chi connectivity index (χ4n) is 2.37. The molecule has 0 aliphatic heterocycles. The first-order valence-electron chi connectivity index (χ1n) is 6.70. The molecule has 4 nitrogen and oxygen atoms in total. The number of ether oxygens (including phenoxy) is 1. The van der Waals surface area contributed by atoms with Crippen LogP contribution >= 0.6 is 0 Å². The van der Waals surface area contributed by atoms with Gasteiger partial charge in [0.05, 0.1) is 11.8 Å². The van der Waals surface area contributed by atoms with Crippen molar-refractivity contribution in [2.24, 2.45) is 7.05 Å². The van der Waals surface area contributed by atoms with Crippen LogP contribution in [0.4, 0.5) is 0 Å². The van der Waals surface area contributed by atoms with Gasteiger partial charge in [0.15, 0.2) is 6.29 Å². The third kappa shape index (κ3) is 2.59. The molecule has 0 atom stereocenters. The molecule has 1 heterocycles. The summed E-state index contributed by atoms with van der Waals surface area (Å²) in [7, 11) is 1.91. The van der Waals surface area contributed by atoms with E-state index in [-0.39, 0.29) is 6.10 Å². The van der Waals surface area contributed by atoms with Crippen LogP contribution in [-0.2, 0) is 7.05 Å². The molecular formula is C16H20N2O2. The minimum absolute atomic E-state index is 0.0854. The van der Waals surface area contributed by atoms with Crippen molar-refractivity contribution in [3.05, 3.63) is 35.2 Å². The summed E-state index contributed by atoms with van der Waals surface area (Å²) in [6.45, 7) is 7.88. The van der Waals surface area contributed by atoms with Gasteiger partial charge < -0.3 is 4.74 Å². The number of carbonyl (C=O) groups excluding carboxylic acids is 1. The molecule has 0 amide bonds. The SMILES string of the molecule is Cc1nn(C)c(C)c1-c1ccc(OC(C)C)cc1C=O. The Morgan fingerprint density at radius 3 is 2.50 bits per heavy atom. The molecule has 2 aromatic rings. The Balaban J connectivity index is 2.54. The maximum Gasteiger partial charge on any atom is 0.150 e. The molecule has 0 aliphatic rings. The van der Waals surface area contributed by atoms with Crippen LogP contribution in [-0.4, -0.2) is 22.2 Å². The molecule has 0 aliphatic carbocycles. The first-order valence-corrected chi connectivity index (χ1v) is 6.70. The third-order valence-electron chi connectivity index (χ3n) is 3.30. The largest absolute Gasteiger partial charge is 0.491 e. The van der Waals surface area contributed by atoms with Gasteiger partial charge in [-0.3, -0.25) is 9.48 Å². The van der Waals surface area contributed by atoms with Gasteiger partial charge in [-0.15, -0.1) is 0 Å². The number of aromatic nitrogens is 2. The van der Waals surface area contributed by atoms with E-state index in [9.17, 15) is 4.79 Å². The van der Waals surface area contributed by atoms with Crippen LogP contribution < -0.4 is 4.74 Å². The Morgan fingerprint density at radius 1 is 1.30 bits per heavy atom. The zero-order valence-corrected chi connectivity index (χ0v) is 12.6. The third-order valence-corrected chi connectivity index (χ3v) is 3.30. The molecule has 1 aromatic heterocycles. The number of carbonyl (C=O) groups is 1. The second-order valence-corrected chi connectivity index (χ2v) is 5.20. The lowest BCUT2D eigenvalue weighted by Gasteiger charge is -2.12. The Labute approximate surface area is 119 Å². The maximum absolute atomic E-state index is 11.4. The van der Waals surface area contributed by atoms with E-state index in [0.717, 1.165) is 28.8 Å². The zero-order chi connectivity index (χ0) is 14.9. The summed E-state index contributed by atoms with van der Waals surface area (Å²) < 4.78 is 7.46. The van der Waals surface area contributed by atoms with E-state index >= 15 is 0 Å². The summed E-state index contributed by atoms with van der Waals surface area (Å²) in [6, 6.07) is 5.61. The van der Waals surface area contributed by atoms with E-state index in [1.54, 1.807) is 6.07 Å². The molecule has 0 radical (unpaired) electrons. The molecule has 0 fully saturated rings. The summed E-state index contributed by atoms with van der Waals surface area (Å²) >= 11 is 0. The Morgan fingerprint density at radius 2 is 2.00 bits per heavy atom. The van der Waals surface area contributed by atoms with Crippen LogP contribution in [0.15, 0.2) is 18.2 Å². The van der Waals surface area contributed by atoms with Gasteiger partial charge in [-0.1, -0.05) is 0 Å². The number of benzene rings is 1. The molecule has 0 bridgehead atoms. The Hall–Kier alpha value is -2.10. The van der Waals surface area contributed by atoms with Crippen LogP contribution in [0.1, 0.15) is 35.6 Å². The van der Waals surface area contributed by atoms with Crippen molar-refractivity contribution >= 4 is 6.29 Å². The molecule has 0 saturated carbocycles. The molecule has 0 unspecified atom stereocenters. The Kier molecular flexibility index (Phi) is 3.93. The maximum atomic E-state index is 11.4. The van der Waals surface area contributed by atoms with Gasteiger partial charge in [0.1, 0.15) is 5.75 Å². The standard InChI is InChI=1S/C16H20N2O2/c1-10(2)20-14-6-7-15(13(8-14)9-19)16-11(3)17-18(5)12(16)4/h6-10H,1-5H3. The minimum atomic E-state index is 0.0854. The van der Waals surface area contributed by atoms with Crippen molar-refractivity contribution in [1.82, 2.24) is 9.78 Å². The number of hydrogen-bond acceptors (Lipinski definition) is 3. The molecular weight excluding hydrogens is 252 g/mol. The predicted octanol–water partition coefficient (Wildman–Crippen LogP) is 3.30. The fraction of sp³-hybridized carbons (Fsp3) is 0.375. The van der Waals surface area contributed by atoms with Crippen molar-refractivity contribution in [2.75, 3.05) is 0 Å². The van der Waals surface area contributed by atoms with Gasteiger partial charge in [-0.25, -0.2) is 0 Å². The second-order valence-electron chi connectivity index (χ2n) is 5.20. The molecule has 0 N–H and O–H groups in total. The highest BCUT2D eigenvalue weighted by molar-refractivity contribution is 5.89. The highest BCUT2D eigenvalue weighted by Gasteiger charge is 2.15. The van der Waals surface area contributed by atoms with Crippen molar-refractivity contribution < 1.29 is 9.53 Å². The number of nitrogens with zero attached hydrogens (tertiary/aromatic N) is 2. The van der Waals surface area contributed by atoms with Crippen molar-refractivity contribution in [1.29, 1.82) is 0 Å². The van der Waals surface area contributed by atoms with Crippen molar-refractivity contribution in [3.8, 4) is 16.9 Å². The average Bonchev–Trinajstić information content (AvgIpc) is 2.63. The van der Waals surface area contributed by atoms with E-state index in [1.807, 2.05) is 51.6 Å². The molecule has 2 rings (SSSR count). The fourth-order valence-corrected chi connectivity index (χ4v) is 2.37. The van der Waals surface area contributed by atoms with Crippen LogP contribution in [0.2, 0.25) is 0 Å². The van der Waals surface area contributed by atoms with Gasteiger partial charge >= 0.3 is 0 Å². The molecule has 0 saturated heterocycles. The smallest absolute Gasteiger partial charge is 0.150 e. The van der Waals surface area contributed by atoms with Gasteiger partial charge in [-0.05, 0) is 51.5 Å². The number of aryl methyl sites for hydroxylation is 2. The molecule has 1 aromatic carbocycles. The number of hydrogen-bond donors (Lipinski definition) is 0. The Bertz CT molecular complexity index is 642. The summed E-state index contributed by atoms with van der Waals surface area (Å²) in [5, 5.41) is 4.40. The lowest BCUT2D eigenvalue weighted by atomic mass is 9.98. The molecule has 20 heavy (non-hydrogen) atoms. The normalized spacial score (nSPS) is 10.9. The number of aldehydes is 1. The van der Waals surface area contributed by atoms with E-state index in [2.05, 4.69) is 5.10 Å². The second kappa shape index (κ2) is 5.49. The van der Waals surface area contributed by atoms with E-state index in [0.29, 0.717) is 11.3 Å². The summed E-state index contributed by atoms with van der Waals surface area (Å²) in [4.78, 5) is 11.4. The topological polar surface area (TPSA) is 44.1 Å². The van der Waals surface area contributed by atoms with E-state index in [4.69, 9.17) is 4.74 Å². The molecule has 4 heteroatoms. The average molecular weight is 272 g/mol. The van der Waals surface area contributed by atoms with Crippen LogP contribution in [0, 0.1) is 13.8 Å². The van der Waals surface area contributed by atoms with Crippen LogP contribution in [0.5, 0.6) is 5.75 Å². The van der Waals surface area contributed by atoms with Crippen LogP contribution in [0.3, 0.4) is 0 Å². The monoisotopic (exact) mass is 272 g/mol. The van der Waals surface area contributed by atoms with Gasteiger partial charge in [0.2, 0.25) is 0 Å². The first kappa shape index (κ1) is 14.3. The lowest BCUT2D eigenvalue weighted by molar-refractivity contribution is 0.112. The zero-order valence-electron chi connectivity index (χ0n) is 12.6. The summed E-state index contributed by atoms with van der Waals surface area (Å²) in [5.41, 5.74) is 4.51. The number of rotatable bonds is 4. The van der Waals surface area contributed by atoms with Crippen molar-refractivity contribution in [3.63, 3.8) is 0 Å².